The van der Waals surface area contributed by atoms with Crippen molar-refractivity contribution in [2.45, 2.75) is 13.5 Å². The lowest BCUT2D eigenvalue weighted by Gasteiger charge is -2.34. The fourth-order valence-corrected chi connectivity index (χ4v) is 2.96. The quantitative estimate of drug-likeness (QED) is 0.619. The molecule has 10 nitrogen and oxygen atoms in total. The Kier molecular flexibility index (Phi) is 6.66. The number of carbonyl (C=O) groups is 1. The molecule has 2 heterocycles. The van der Waals surface area contributed by atoms with E-state index in [0.717, 1.165) is 5.56 Å². The molecule has 0 aliphatic carbocycles. The first kappa shape index (κ1) is 19.9. The number of piperazine rings is 1. The highest BCUT2D eigenvalue weighted by molar-refractivity contribution is 6.31. The normalized spacial score (nSPS) is 14.0. The van der Waals surface area contributed by atoms with Crippen LogP contribution in [0.2, 0.25) is 5.02 Å². The number of hydrogen-bond donors (Lipinski definition) is 3. The number of nitrogens with one attached hydrogen (secondary N) is 2. The number of amides is 1. The van der Waals surface area contributed by atoms with Gasteiger partial charge in [0.2, 0.25) is 11.9 Å². The van der Waals surface area contributed by atoms with Gasteiger partial charge in [-0.1, -0.05) is 29.8 Å². The molecule has 1 aliphatic heterocycles. The van der Waals surface area contributed by atoms with Crippen LogP contribution in [0.25, 0.3) is 0 Å². The number of ether oxygens (including phenoxy) is 1. The van der Waals surface area contributed by atoms with E-state index in [0.29, 0.717) is 56.2 Å². The maximum absolute atomic E-state index is 11.8. The number of nitrogens with zero attached hydrogens (tertiary/aromatic N) is 5. The standard InChI is InChI=1S/C17H22ClN7O3/c1-2-28-17(26)25-9-7-24(8-10-25)16-21-14(20-15(22-16)23-27)19-11-12-5-3-4-6-13(12)18/h3-6,27H,2,7-11H2,1H3,(H2,19,20,21,22,23). The minimum atomic E-state index is -0.322. The summed E-state index contributed by atoms with van der Waals surface area (Å²) in [5.74, 6) is 0.727. The molecule has 150 valence electrons. The van der Waals surface area contributed by atoms with Gasteiger partial charge in [-0.2, -0.15) is 15.0 Å². The van der Waals surface area contributed by atoms with E-state index < -0.39 is 0 Å². The van der Waals surface area contributed by atoms with Crippen LogP contribution in [0.1, 0.15) is 12.5 Å². The van der Waals surface area contributed by atoms with Crippen molar-refractivity contribution in [3.8, 4) is 0 Å². The van der Waals surface area contributed by atoms with Crippen molar-refractivity contribution in [3.63, 3.8) is 0 Å². The summed E-state index contributed by atoms with van der Waals surface area (Å²) < 4.78 is 5.02. The van der Waals surface area contributed by atoms with E-state index in [1.165, 1.54) is 0 Å². The lowest BCUT2D eigenvalue weighted by atomic mass is 10.2. The van der Waals surface area contributed by atoms with E-state index in [9.17, 15) is 10.0 Å². The van der Waals surface area contributed by atoms with Crippen molar-refractivity contribution < 1.29 is 14.7 Å². The molecule has 1 saturated heterocycles. The van der Waals surface area contributed by atoms with Gasteiger partial charge >= 0.3 is 6.09 Å². The zero-order valence-electron chi connectivity index (χ0n) is 15.4. The van der Waals surface area contributed by atoms with Gasteiger partial charge in [-0.15, -0.1) is 0 Å². The molecule has 0 unspecified atom stereocenters. The largest absolute Gasteiger partial charge is 0.450 e. The van der Waals surface area contributed by atoms with Gasteiger partial charge in [-0.05, 0) is 18.6 Å². The summed E-state index contributed by atoms with van der Waals surface area (Å²) in [5, 5.41) is 13.0. The predicted molar refractivity (Wildman–Crippen MR) is 105 cm³/mol. The highest BCUT2D eigenvalue weighted by Crippen LogP contribution is 2.19. The highest BCUT2D eigenvalue weighted by Gasteiger charge is 2.24. The molecule has 3 rings (SSSR count). The fraction of sp³-hybridized carbons (Fsp3) is 0.412. The monoisotopic (exact) mass is 407 g/mol. The van der Waals surface area contributed by atoms with Crippen LogP contribution in [0.3, 0.4) is 0 Å². The SMILES string of the molecule is CCOC(=O)N1CCN(c2nc(NO)nc(NCc3ccccc3Cl)n2)CC1. The van der Waals surface area contributed by atoms with Crippen LogP contribution < -0.4 is 15.7 Å². The minimum absolute atomic E-state index is 0.0273. The molecule has 0 bridgehead atoms. The molecular weight excluding hydrogens is 386 g/mol. The predicted octanol–water partition coefficient (Wildman–Crippen LogP) is 2.22. The lowest BCUT2D eigenvalue weighted by molar-refractivity contribution is 0.105. The zero-order valence-corrected chi connectivity index (χ0v) is 16.2. The van der Waals surface area contributed by atoms with Gasteiger partial charge in [-0.3, -0.25) is 5.21 Å². The summed E-state index contributed by atoms with van der Waals surface area (Å²) in [6.45, 7) is 4.61. The molecule has 0 saturated carbocycles. The second-order valence-corrected chi connectivity index (χ2v) is 6.42. The summed E-state index contributed by atoms with van der Waals surface area (Å²) in [7, 11) is 0. The van der Waals surface area contributed by atoms with Crippen LogP contribution in [0.5, 0.6) is 0 Å². The van der Waals surface area contributed by atoms with Crippen molar-refractivity contribution in [2.75, 3.05) is 48.5 Å². The Balaban J connectivity index is 1.68. The molecule has 2 aromatic rings. The van der Waals surface area contributed by atoms with Gasteiger partial charge < -0.3 is 19.9 Å². The van der Waals surface area contributed by atoms with E-state index in [4.69, 9.17) is 16.3 Å². The topological polar surface area (TPSA) is 116 Å². The average Bonchev–Trinajstić information content (AvgIpc) is 2.73. The maximum atomic E-state index is 11.8. The van der Waals surface area contributed by atoms with Crippen molar-refractivity contribution >= 4 is 35.5 Å². The van der Waals surface area contributed by atoms with Gasteiger partial charge in [-0.25, -0.2) is 10.3 Å². The second kappa shape index (κ2) is 9.38. The molecule has 0 spiro atoms. The van der Waals surface area contributed by atoms with Crippen LogP contribution in [-0.4, -0.2) is 63.9 Å². The van der Waals surface area contributed by atoms with Crippen molar-refractivity contribution in [1.82, 2.24) is 19.9 Å². The average molecular weight is 408 g/mol. The van der Waals surface area contributed by atoms with Gasteiger partial charge in [0.05, 0.1) is 6.61 Å². The Morgan fingerprint density at radius 3 is 2.57 bits per heavy atom. The highest BCUT2D eigenvalue weighted by atomic mass is 35.5. The minimum Gasteiger partial charge on any atom is -0.450 e. The van der Waals surface area contributed by atoms with Crippen LogP contribution in [0.4, 0.5) is 22.6 Å². The van der Waals surface area contributed by atoms with Gasteiger partial charge in [0.15, 0.2) is 0 Å². The van der Waals surface area contributed by atoms with Crippen LogP contribution in [-0.2, 0) is 11.3 Å². The smallest absolute Gasteiger partial charge is 0.409 e. The third kappa shape index (κ3) is 4.90. The first-order valence-corrected chi connectivity index (χ1v) is 9.28. The molecule has 1 aliphatic rings. The number of benzene rings is 1. The van der Waals surface area contributed by atoms with Crippen molar-refractivity contribution in [2.24, 2.45) is 0 Å². The number of aromatic nitrogens is 3. The number of rotatable bonds is 6. The number of anilines is 3. The van der Waals surface area contributed by atoms with Crippen molar-refractivity contribution in [1.29, 1.82) is 0 Å². The molecule has 28 heavy (non-hydrogen) atoms. The number of hydrogen-bond acceptors (Lipinski definition) is 9. The molecule has 0 radical (unpaired) electrons. The molecule has 1 fully saturated rings. The number of halogens is 1. The molecule has 1 amide bonds. The molecule has 1 aromatic carbocycles. The van der Waals surface area contributed by atoms with E-state index in [1.807, 2.05) is 28.6 Å². The Bertz CT molecular complexity index is 815. The zero-order chi connectivity index (χ0) is 19.9. The summed E-state index contributed by atoms with van der Waals surface area (Å²) in [6, 6.07) is 7.46. The molecule has 11 heteroatoms. The number of carbonyl (C=O) groups excluding carboxylic acids is 1. The van der Waals surface area contributed by atoms with E-state index in [2.05, 4.69) is 20.3 Å². The van der Waals surface area contributed by atoms with Gasteiger partial charge in [0.25, 0.3) is 5.95 Å². The Labute approximate surface area is 167 Å². The summed E-state index contributed by atoms with van der Waals surface area (Å²) in [6.07, 6.45) is -0.322. The lowest BCUT2D eigenvalue weighted by Crippen LogP contribution is -2.49. The molecule has 1 aromatic heterocycles. The Morgan fingerprint density at radius 2 is 1.89 bits per heavy atom. The Morgan fingerprint density at radius 1 is 1.18 bits per heavy atom. The van der Waals surface area contributed by atoms with Gasteiger partial charge in [0.1, 0.15) is 0 Å². The third-order valence-corrected chi connectivity index (χ3v) is 4.58. The third-order valence-electron chi connectivity index (χ3n) is 4.21. The van der Waals surface area contributed by atoms with Crippen LogP contribution >= 0.6 is 11.6 Å². The molecule has 3 N–H and O–H groups in total. The van der Waals surface area contributed by atoms with E-state index in [-0.39, 0.29) is 12.0 Å². The Hall–Kier alpha value is -2.85. The first-order chi connectivity index (χ1) is 13.6. The van der Waals surface area contributed by atoms with Crippen LogP contribution in [0, 0.1) is 0 Å². The van der Waals surface area contributed by atoms with Crippen LogP contribution in [0.15, 0.2) is 24.3 Å². The van der Waals surface area contributed by atoms with E-state index in [1.54, 1.807) is 17.9 Å². The summed E-state index contributed by atoms with van der Waals surface area (Å²) in [4.78, 5) is 28.1. The van der Waals surface area contributed by atoms with Crippen molar-refractivity contribution in [3.05, 3.63) is 34.9 Å². The maximum Gasteiger partial charge on any atom is 0.409 e. The fourth-order valence-electron chi connectivity index (χ4n) is 2.76. The summed E-state index contributed by atoms with van der Waals surface area (Å²) in [5.41, 5.74) is 2.86. The molecule has 0 atom stereocenters. The molecular formula is C17H22ClN7O3. The first-order valence-electron chi connectivity index (χ1n) is 8.90. The summed E-state index contributed by atoms with van der Waals surface area (Å²) >= 11 is 6.17. The van der Waals surface area contributed by atoms with E-state index >= 15 is 0 Å². The second-order valence-electron chi connectivity index (χ2n) is 6.01. The van der Waals surface area contributed by atoms with Gasteiger partial charge in [0, 0.05) is 37.7 Å².